The summed E-state index contributed by atoms with van der Waals surface area (Å²) in [6, 6.07) is 6.51. The monoisotopic (exact) mass is 573 g/mol. The largest absolute Gasteiger partial charge is 0.495 e. The summed E-state index contributed by atoms with van der Waals surface area (Å²) in [7, 11) is 2.96. The second kappa shape index (κ2) is 15.6. The molecule has 41 heavy (non-hydrogen) atoms. The predicted octanol–water partition coefficient (Wildman–Crippen LogP) is 3.39. The van der Waals surface area contributed by atoms with Gasteiger partial charge < -0.3 is 30.1 Å². The van der Waals surface area contributed by atoms with E-state index >= 15 is 0 Å². The smallest absolute Gasteiger partial charge is 0.326 e. The van der Waals surface area contributed by atoms with Crippen LogP contribution in [0.25, 0.3) is 0 Å². The average Bonchev–Trinajstić information content (AvgIpc) is 2.98. The first-order valence-electron chi connectivity index (χ1n) is 14.3. The average molecular weight is 574 g/mol. The van der Waals surface area contributed by atoms with Crippen molar-refractivity contribution in [1.29, 1.82) is 0 Å². The number of carboxylic acids is 1. The van der Waals surface area contributed by atoms with Gasteiger partial charge in [-0.25, -0.2) is 14.2 Å². The van der Waals surface area contributed by atoms with E-state index in [4.69, 9.17) is 14.5 Å². The minimum absolute atomic E-state index is 0.150. The van der Waals surface area contributed by atoms with Crippen LogP contribution in [-0.2, 0) is 32.6 Å². The third-order valence-electron chi connectivity index (χ3n) is 7.56. The number of aliphatic carboxylic acids is 1. The molecule has 3 heterocycles. The normalized spacial score (nSPS) is 14.6. The Kier molecular flexibility index (Phi) is 12.3. The number of aryl methyl sites for hydroxylation is 2. The number of rotatable bonds is 17. The number of ether oxygens (including phenoxy) is 2. The number of carbonyl (C=O) groups excluding carboxylic acids is 1. The fraction of sp³-hybridized carbons (Fsp3) is 0.600. The molecule has 2 aromatic heterocycles. The molecule has 2 aromatic rings. The molecule has 0 aliphatic carbocycles. The third-order valence-corrected chi connectivity index (χ3v) is 7.56. The lowest BCUT2D eigenvalue weighted by Gasteiger charge is -2.29. The van der Waals surface area contributed by atoms with E-state index in [1.165, 1.54) is 19.8 Å². The van der Waals surface area contributed by atoms with Crippen molar-refractivity contribution in [1.82, 2.24) is 20.2 Å². The van der Waals surface area contributed by atoms with Gasteiger partial charge in [-0.15, -0.1) is 0 Å². The Morgan fingerprint density at radius 3 is 2.73 bits per heavy atom. The van der Waals surface area contributed by atoms with Gasteiger partial charge >= 0.3 is 5.97 Å². The summed E-state index contributed by atoms with van der Waals surface area (Å²) < 4.78 is 24.1. The number of anilines is 1. The van der Waals surface area contributed by atoms with Crippen molar-refractivity contribution in [2.45, 2.75) is 69.9 Å². The van der Waals surface area contributed by atoms with Gasteiger partial charge in [0, 0.05) is 38.6 Å². The van der Waals surface area contributed by atoms with Crippen LogP contribution in [0, 0.1) is 0 Å². The fourth-order valence-corrected chi connectivity index (χ4v) is 4.96. The van der Waals surface area contributed by atoms with E-state index in [0.717, 1.165) is 50.2 Å². The molecule has 0 saturated carbocycles. The second-order valence-electron chi connectivity index (χ2n) is 10.9. The highest BCUT2D eigenvalue weighted by molar-refractivity contribution is 5.91. The minimum Gasteiger partial charge on any atom is -0.495 e. The molecular weight excluding hydrogens is 529 g/mol. The highest BCUT2D eigenvalue weighted by Gasteiger charge is 2.36. The maximum absolute atomic E-state index is 13.5. The molecule has 1 amide bonds. The number of methoxy groups -OCH3 is 2. The van der Waals surface area contributed by atoms with Crippen molar-refractivity contribution in [3.05, 3.63) is 47.4 Å². The van der Waals surface area contributed by atoms with Crippen molar-refractivity contribution in [2.24, 2.45) is 0 Å². The molecule has 226 valence electrons. The van der Waals surface area contributed by atoms with E-state index in [1.54, 1.807) is 32.2 Å². The molecule has 0 aromatic carbocycles. The Morgan fingerprint density at radius 2 is 2.02 bits per heavy atom. The van der Waals surface area contributed by atoms with Crippen LogP contribution in [0.5, 0.6) is 5.75 Å². The zero-order valence-electron chi connectivity index (χ0n) is 24.6. The number of carbonyl (C=O) groups is 2. The van der Waals surface area contributed by atoms with E-state index in [0.29, 0.717) is 31.1 Å². The van der Waals surface area contributed by atoms with Crippen molar-refractivity contribution in [2.75, 3.05) is 52.4 Å². The lowest BCUT2D eigenvalue weighted by Crippen LogP contribution is -2.50. The van der Waals surface area contributed by atoms with Gasteiger partial charge in [-0.1, -0.05) is 6.07 Å². The Bertz CT molecular complexity index is 1140. The number of halogens is 1. The van der Waals surface area contributed by atoms with Gasteiger partial charge in [0.25, 0.3) is 0 Å². The van der Waals surface area contributed by atoms with Gasteiger partial charge in [-0.3, -0.25) is 9.78 Å². The molecule has 0 bridgehead atoms. The number of amides is 1. The molecule has 2 unspecified atom stereocenters. The van der Waals surface area contributed by atoms with Crippen LogP contribution in [0.2, 0.25) is 0 Å². The molecule has 0 saturated heterocycles. The Labute approximate surface area is 242 Å². The maximum Gasteiger partial charge on any atom is 0.326 e. The van der Waals surface area contributed by atoms with E-state index in [-0.39, 0.29) is 6.42 Å². The summed E-state index contributed by atoms with van der Waals surface area (Å²) in [6.07, 6.45) is 5.80. The Balaban J connectivity index is 1.58. The van der Waals surface area contributed by atoms with E-state index in [2.05, 4.69) is 27.8 Å². The minimum atomic E-state index is -1.14. The molecule has 3 N–H and O–H groups in total. The van der Waals surface area contributed by atoms with Crippen molar-refractivity contribution >= 4 is 17.7 Å². The van der Waals surface area contributed by atoms with Crippen LogP contribution >= 0.6 is 0 Å². The van der Waals surface area contributed by atoms with Crippen LogP contribution in [0.4, 0.5) is 10.2 Å². The molecule has 0 fully saturated rings. The van der Waals surface area contributed by atoms with Crippen molar-refractivity contribution in [3.63, 3.8) is 0 Å². The molecule has 3 rings (SSSR count). The van der Waals surface area contributed by atoms with E-state index in [9.17, 15) is 19.1 Å². The number of fused-ring (bicyclic) bond motifs is 1. The number of carboxylic acid groups (broad SMARTS) is 1. The number of unbranched alkanes of at least 4 members (excludes halogenated alkanes) is 1. The Morgan fingerprint density at radius 1 is 1.22 bits per heavy atom. The molecule has 1 aliphatic rings. The zero-order chi connectivity index (χ0) is 29.8. The number of nitrogens with zero attached hydrogens (tertiary/aromatic N) is 3. The fourth-order valence-electron chi connectivity index (χ4n) is 4.96. The number of hydrogen-bond acceptors (Lipinski definition) is 8. The Hall–Kier alpha value is -3.31. The number of pyridine rings is 2. The number of nitrogens with one attached hydrogen (secondary N) is 2. The lowest BCUT2D eigenvalue weighted by atomic mass is 9.86. The van der Waals surface area contributed by atoms with Gasteiger partial charge in [-0.05, 0) is 82.7 Å². The molecule has 0 radical (unpaired) electrons. The summed E-state index contributed by atoms with van der Waals surface area (Å²) in [5, 5.41) is 15.9. The predicted molar refractivity (Wildman–Crippen MR) is 155 cm³/mol. The second-order valence-corrected chi connectivity index (χ2v) is 10.9. The highest BCUT2D eigenvalue weighted by atomic mass is 19.1. The quantitative estimate of drug-likeness (QED) is 0.244. The van der Waals surface area contributed by atoms with Gasteiger partial charge in [0.2, 0.25) is 5.91 Å². The van der Waals surface area contributed by atoms with Crippen LogP contribution in [0.15, 0.2) is 30.5 Å². The first-order chi connectivity index (χ1) is 19.7. The summed E-state index contributed by atoms with van der Waals surface area (Å²) >= 11 is 0. The summed E-state index contributed by atoms with van der Waals surface area (Å²) in [6.45, 7) is 4.97. The van der Waals surface area contributed by atoms with Crippen LogP contribution in [-0.4, -0.2) is 91.1 Å². The topological polar surface area (TPSA) is 126 Å². The van der Waals surface area contributed by atoms with Crippen LogP contribution in [0.3, 0.4) is 0 Å². The van der Waals surface area contributed by atoms with Crippen molar-refractivity contribution in [3.8, 4) is 5.75 Å². The molecular formula is C30H44FN5O5. The molecule has 10 nitrogen and oxygen atoms in total. The van der Waals surface area contributed by atoms with E-state index < -0.39 is 36.1 Å². The molecule has 2 atom stereocenters. The number of aromatic nitrogens is 2. The van der Waals surface area contributed by atoms with Gasteiger partial charge in [0.1, 0.15) is 24.3 Å². The molecule has 0 spiro atoms. The first-order valence-corrected chi connectivity index (χ1v) is 14.3. The standard InChI is InChI=1S/C30H44FN5O5/c1-30(2,26-25(41-4)11-8-15-32-26)29(39)35-24(28(37)38)14-18-36(20-23(19-31)40-3)17-6-5-10-22-13-12-21-9-7-16-33-27(21)34-22/h8,11-13,15,23-24H,5-7,9-10,14,16-20H2,1-4H3,(H,33,34)(H,35,39)(H,37,38). The van der Waals surface area contributed by atoms with Gasteiger partial charge in [0.05, 0.1) is 24.3 Å². The van der Waals surface area contributed by atoms with Crippen LogP contribution in [0.1, 0.15) is 56.5 Å². The number of alkyl halides is 1. The highest BCUT2D eigenvalue weighted by Crippen LogP contribution is 2.29. The van der Waals surface area contributed by atoms with E-state index in [1.807, 2.05) is 4.90 Å². The van der Waals surface area contributed by atoms with Gasteiger partial charge in [-0.2, -0.15) is 0 Å². The maximum atomic E-state index is 13.5. The summed E-state index contributed by atoms with van der Waals surface area (Å²) in [5.41, 5.74) is 1.57. The zero-order valence-corrected chi connectivity index (χ0v) is 24.6. The SMILES string of the molecule is COc1cccnc1C(C)(C)C(=O)NC(CCN(CCCCc1ccc2c(n1)NCCC2)CC(CF)OC)C(=O)O. The molecule has 11 heteroatoms. The third kappa shape index (κ3) is 9.09. The lowest BCUT2D eigenvalue weighted by molar-refractivity contribution is -0.143. The first kappa shape index (κ1) is 32.2. The van der Waals surface area contributed by atoms with Crippen molar-refractivity contribution < 1.29 is 28.6 Å². The summed E-state index contributed by atoms with van der Waals surface area (Å²) in [5.74, 6) is -0.181. The summed E-state index contributed by atoms with van der Waals surface area (Å²) in [4.78, 5) is 36.4. The van der Waals surface area contributed by atoms with Gasteiger partial charge in [0.15, 0.2) is 0 Å². The number of hydrogen-bond donors (Lipinski definition) is 3. The van der Waals surface area contributed by atoms with Crippen LogP contribution < -0.4 is 15.4 Å². The molecule has 1 aliphatic heterocycles.